The first-order valence-corrected chi connectivity index (χ1v) is 11.8. The van der Waals surface area contributed by atoms with Gasteiger partial charge in [-0.25, -0.2) is 9.78 Å². The molecule has 176 valence electrons. The smallest absolute Gasteiger partial charge is 0.325 e. The van der Waals surface area contributed by atoms with E-state index >= 15 is 0 Å². The van der Waals surface area contributed by atoms with E-state index in [0.717, 1.165) is 49.1 Å². The van der Waals surface area contributed by atoms with Gasteiger partial charge >= 0.3 is 5.69 Å². The standard InChI is InChI=1S/C26H29N5O3/c32-24(27-20-10-12-31(13-11-20)17-18-5-2-1-3-6-18)7-4-14-34-21-8-9-22-19(15-21)16-23-25(28-22)30-26(33)29-23/h1-3,5-6,8-9,15-16,20H,4,7,10-14,17H2,(H,27,32)(H2,28,29,30,33). The number of likely N-dealkylation sites (tertiary alicyclic amines) is 1. The summed E-state index contributed by atoms with van der Waals surface area (Å²) in [5.74, 6) is 0.810. The van der Waals surface area contributed by atoms with Crippen molar-refractivity contribution in [2.24, 2.45) is 0 Å². The Balaban J connectivity index is 1.03. The minimum Gasteiger partial charge on any atom is -0.494 e. The Morgan fingerprint density at radius 1 is 1.09 bits per heavy atom. The number of aromatic amines is 2. The molecule has 1 aliphatic heterocycles. The molecule has 0 atom stereocenters. The highest BCUT2D eigenvalue weighted by molar-refractivity contribution is 5.90. The van der Waals surface area contributed by atoms with Crippen LogP contribution in [0.1, 0.15) is 31.2 Å². The van der Waals surface area contributed by atoms with Crippen molar-refractivity contribution >= 4 is 28.0 Å². The van der Waals surface area contributed by atoms with Gasteiger partial charge in [-0.3, -0.25) is 14.7 Å². The highest BCUT2D eigenvalue weighted by atomic mass is 16.5. The van der Waals surface area contributed by atoms with Crippen molar-refractivity contribution in [2.75, 3.05) is 19.7 Å². The lowest BCUT2D eigenvalue weighted by atomic mass is 10.0. The van der Waals surface area contributed by atoms with Crippen LogP contribution in [0.15, 0.2) is 59.4 Å². The monoisotopic (exact) mass is 459 g/mol. The van der Waals surface area contributed by atoms with Crippen molar-refractivity contribution in [3.63, 3.8) is 0 Å². The van der Waals surface area contributed by atoms with Crippen LogP contribution >= 0.6 is 0 Å². The van der Waals surface area contributed by atoms with Crippen LogP contribution in [-0.4, -0.2) is 51.5 Å². The van der Waals surface area contributed by atoms with E-state index < -0.39 is 0 Å². The number of ether oxygens (including phenoxy) is 1. The summed E-state index contributed by atoms with van der Waals surface area (Å²) in [7, 11) is 0. The summed E-state index contributed by atoms with van der Waals surface area (Å²) in [6, 6.07) is 18.3. The average Bonchev–Trinajstić information content (AvgIpc) is 3.21. The molecule has 0 unspecified atom stereocenters. The van der Waals surface area contributed by atoms with Gasteiger partial charge in [0.15, 0.2) is 5.65 Å². The second-order valence-electron chi connectivity index (χ2n) is 8.87. The zero-order valence-corrected chi connectivity index (χ0v) is 19.0. The fourth-order valence-corrected chi connectivity index (χ4v) is 4.50. The van der Waals surface area contributed by atoms with Crippen molar-refractivity contribution in [2.45, 2.75) is 38.3 Å². The van der Waals surface area contributed by atoms with E-state index in [1.54, 1.807) is 0 Å². The summed E-state index contributed by atoms with van der Waals surface area (Å²) in [5.41, 5.74) is 3.05. The number of benzene rings is 2. The molecule has 0 aliphatic carbocycles. The molecule has 3 heterocycles. The summed E-state index contributed by atoms with van der Waals surface area (Å²) >= 11 is 0. The third kappa shape index (κ3) is 5.46. The van der Waals surface area contributed by atoms with Gasteiger partial charge in [-0.05, 0) is 49.1 Å². The molecule has 3 N–H and O–H groups in total. The zero-order valence-electron chi connectivity index (χ0n) is 19.0. The zero-order chi connectivity index (χ0) is 23.3. The topological polar surface area (TPSA) is 103 Å². The van der Waals surface area contributed by atoms with Crippen molar-refractivity contribution in [3.05, 3.63) is 70.6 Å². The number of fused-ring (bicyclic) bond motifs is 2. The van der Waals surface area contributed by atoms with Gasteiger partial charge in [0, 0.05) is 37.5 Å². The molecule has 5 rings (SSSR count). The largest absolute Gasteiger partial charge is 0.494 e. The van der Waals surface area contributed by atoms with Crippen LogP contribution in [0.5, 0.6) is 5.75 Å². The van der Waals surface area contributed by atoms with Gasteiger partial charge in [-0.15, -0.1) is 0 Å². The van der Waals surface area contributed by atoms with Gasteiger partial charge < -0.3 is 15.0 Å². The third-order valence-corrected chi connectivity index (χ3v) is 6.28. The number of H-pyrrole nitrogens is 2. The number of amides is 1. The lowest BCUT2D eigenvalue weighted by Crippen LogP contribution is -2.44. The number of piperidine rings is 1. The maximum Gasteiger partial charge on any atom is 0.325 e. The third-order valence-electron chi connectivity index (χ3n) is 6.28. The van der Waals surface area contributed by atoms with E-state index in [9.17, 15) is 9.59 Å². The Hall–Kier alpha value is -3.65. The molecule has 1 amide bonds. The van der Waals surface area contributed by atoms with Gasteiger partial charge in [0.25, 0.3) is 0 Å². The number of pyridine rings is 1. The van der Waals surface area contributed by atoms with Gasteiger partial charge in [0.1, 0.15) is 5.75 Å². The molecule has 34 heavy (non-hydrogen) atoms. The molecular weight excluding hydrogens is 430 g/mol. The molecule has 8 nitrogen and oxygen atoms in total. The summed E-state index contributed by atoms with van der Waals surface area (Å²) in [4.78, 5) is 36.1. The summed E-state index contributed by atoms with van der Waals surface area (Å²) in [5, 5.41) is 4.07. The lowest BCUT2D eigenvalue weighted by Gasteiger charge is -2.32. The summed E-state index contributed by atoms with van der Waals surface area (Å²) < 4.78 is 5.85. The fourth-order valence-electron chi connectivity index (χ4n) is 4.50. The molecule has 1 aliphatic rings. The predicted octanol–water partition coefficient (Wildman–Crippen LogP) is 3.34. The van der Waals surface area contributed by atoms with Crippen LogP contribution < -0.4 is 15.7 Å². The molecule has 0 radical (unpaired) electrons. The number of carbonyl (C=O) groups excluding carboxylic acids is 1. The van der Waals surface area contributed by atoms with Crippen molar-refractivity contribution in [1.82, 2.24) is 25.2 Å². The van der Waals surface area contributed by atoms with E-state index in [-0.39, 0.29) is 17.6 Å². The average molecular weight is 460 g/mol. The molecule has 0 saturated carbocycles. The number of nitrogens with zero attached hydrogens (tertiary/aromatic N) is 2. The Kier molecular flexibility index (Phi) is 6.58. The van der Waals surface area contributed by atoms with Gasteiger partial charge in [0.05, 0.1) is 17.6 Å². The fraction of sp³-hybridized carbons (Fsp3) is 0.346. The van der Waals surface area contributed by atoms with Crippen molar-refractivity contribution in [1.29, 1.82) is 0 Å². The number of aromatic nitrogens is 3. The molecule has 4 aromatic rings. The van der Waals surface area contributed by atoms with Gasteiger partial charge in [-0.1, -0.05) is 30.3 Å². The number of hydrogen-bond donors (Lipinski definition) is 3. The SMILES string of the molecule is O=C(CCCOc1ccc2nc3[nH]c(=O)[nH]c3cc2c1)NC1CCN(Cc2ccccc2)CC1. The minimum absolute atomic E-state index is 0.0895. The summed E-state index contributed by atoms with van der Waals surface area (Å²) in [6.45, 7) is 3.44. The van der Waals surface area contributed by atoms with Crippen LogP contribution in [0.3, 0.4) is 0 Å². The highest BCUT2D eigenvalue weighted by Crippen LogP contribution is 2.22. The first-order chi connectivity index (χ1) is 16.6. The van der Waals surface area contributed by atoms with E-state index in [1.165, 1.54) is 5.56 Å². The second kappa shape index (κ2) is 10.1. The van der Waals surface area contributed by atoms with Crippen LogP contribution in [-0.2, 0) is 11.3 Å². The summed E-state index contributed by atoms with van der Waals surface area (Å²) in [6.07, 6.45) is 3.07. The molecule has 1 saturated heterocycles. The number of imidazole rings is 1. The lowest BCUT2D eigenvalue weighted by molar-refractivity contribution is -0.122. The number of carbonyl (C=O) groups is 1. The molecule has 2 aromatic carbocycles. The number of nitrogens with one attached hydrogen (secondary N) is 3. The molecule has 0 bridgehead atoms. The quantitative estimate of drug-likeness (QED) is 0.351. The maximum absolute atomic E-state index is 12.4. The Morgan fingerprint density at radius 2 is 1.91 bits per heavy atom. The maximum atomic E-state index is 12.4. The van der Waals surface area contributed by atoms with Crippen molar-refractivity contribution in [3.8, 4) is 5.75 Å². The van der Waals surface area contributed by atoms with Crippen LogP contribution in [0.25, 0.3) is 22.1 Å². The van der Waals surface area contributed by atoms with E-state index in [4.69, 9.17) is 4.74 Å². The first kappa shape index (κ1) is 22.2. The predicted molar refractivity (Wildman–Crippen MR) is 132 cm³/mol. The Morgan fingerprint density at radius 3 is 2.74 bits per heavy atom. The molecule has 2 aromatic heterocycles. The van der Waals surface area contributed by atoms with E-state index in [2.05, 4.69) is 49.4 Å². The highest BCUT2D eigenvalue weighted by Gasteiger charge is 2.20. The Bertz CT molecular complexity index is 1320. The van der Waals surface area contributed by atoms with Gasteiger partial charge in [-0.2, -0.15) is 0 Å². The second-order valence-corrected chi connectivity index (χ2v) is 8.87. The van der Waals surface area contributed by atoms with E-state index in [0.29, 0.717) is 30.6 Å². The van der Waals surface area contributed by atoms with Crippen molar-refractivity contribution < 1.29 is 9.53 Å². The Labute approximate surface area is 197 Å². The van der Waals surface area contributed by atoms with Crippen LogP contribution in [0.2, 0.25) is 0 Å². The minimum atomic E-state index is -0.273. The molecular formula is C26H29N5O3. The molecule has 1 fully saturated rings. The number of hydrogen-bond acceptors (Lipinski definition) is 5. The number of rotatable bonds is 8. The normalized spacial score (nSPS) is 15.1. The van der Waals surface area contributed by atoms with Gasteiger partial charge in [0.2, 0.25) is 5.91 Å². The molecule has 0 spiro atoms. The van der Waals surface area contributed by atoms with Crippen LogP contribution in [0.4, 0.5) is 0 Å². The first-order valence-electron chi connectivity index (χ1n) is 11.8. The van der Waals surface area contributed by atoms with Crippen LogP contribution in [0, 0.1) is 0 Å². The molecule has 8 heteroatoms. The van der Waals surface area contributed by atoms with E-state index in [1.807, 2.05) is 30.3 Å².